The summed E-state index contributed by atoms with van der Waals surface area (Å²) in [6.45, 7) is 1.82. The maximum Gasteiger partial charge on any atom is 0.150 e. The Balaban J connectivity index is 1.77. The van der Waals surface area contributed by atoms with Gasteiger partial charge in [0.1, 0.15) is 23.0 Å². The maximum absolute atomic E-state index is 6.11. The molecule has 0 spiro atoms. The monoisotopic (exact) mass is 303 g/mol. The summed E-state index contributed by atoms with van der Waals surface area (Å²) >= 11 is 6.11. The van der Waals surface area contributed by atoms with Crippen LogP contribution in [0.4, 0.5) is 17.3 Å². The summed E-state index contributed by atoms with van der Waals surface area (Å²) in [5.41, 5.74) is 8.35. The van der Waals surface area contributed by atoms with Gasteiger partial charge in [-0.3, -0.25) is 0 Å². The van der Waals surface area contributed by atoms with Crippen molar-refractivity contribution < 1.29 is 0 Å². The summed E-state index contributed by atoms with van der Waals surface area (Å²) in [5, 5.41) is 3.69. The second-order valence-electron chi connectivity index (χ2n) is 5.27. The molecule has 0 radical (unpaired) electrons. The van der Waals surface area contributed by atoms with Crippen LogP contribution in [0.1, 0.15) is 17.9 Å². The lowest BCUT2D eigenvalue weighted by atomic mass is 9.90. The molecule has 1 unspecified atom stereocenters. The third-order valence-electron chi connectivity index (χ3n) is 3.93. The van der Waals surface area contributed by atoms with Gasteiger partial charge in [0.2, 0.25) is 0 Å². The molecule has 1 aromatic carbocycles. The number of nitrogen functional groups attached to an aromatic ring is 1. The van der Waals surface area contributed by atoms with Gasteiger partial charge >= 0.3 is 0 Å². The van der Waals surface area contributed by atoms with Gasteiger partial charge in [-0.2, -0.15) is 0 Å². The van der Waals surface area contributed by atoms with Gasteiger partial charge < -0.3 is 16.0 Å². The van der Waals surface area contributed by atoms with E-state index in [0.717, 1.165) is 19.5 Å². The van der Waals surface area contributed by atoms with Gasteiger partial charge in [-0.05, 0) is 18.1 Å². The lowest BCUT2D eigenvalue weighted by molar-refractivity contribution is 0.614. The molecular weight excluding hydrogens is 286 g/mol. The quantitative estimate of drug-likeness (QED) is 0.912. The molecule has 0 bridgehead atoms. The minimum atomic E-state index is 0.304. The van der Waals surface area contributed by atoms with E-state index in [4.69, 9.17) is 17.3 Å². The fourth-order valence-corrected chi connectivity index (χ4v) is 2.91. The molecule has 1 aromatic heterocycles. The summed E-state index contributed by atoms with van der Waals surface area (Å²) in [7, 11) is 2.13. The summed E-state index contributed by atoms with van der Waals surface area (Å²) in [6.07, 6.45) is 2.52. The highest BCUT2D eigenvalue weighted by molar-refractivity contribution is 6.35. The highest BCUT2D eigenvalue weighted by Gasteiger charge is 2.23. The number of hydrogen-bond donors (Lipinski definition) is 2. The number of para-hydroxylation sites is 1. The Bertz CT molecular complexity index is 646. The first-order valence-corrected chi connectivity index (χ1v) is 7.34. The van der Waals surface area contributed by atoms with Crippen molar-refractivity contribution in [1.82, 2.24) is 9.97 Å². The van der Waals surface area contributed by atoms with Crippen LogP contribution < -0.4 is 16.0 Å². The van der Waals surface area contributed by atoms with E-state index in [1.807, 2.05) is 0 Å². The van der Waals surface area contributed by atoms with Crippen LogP contribution in [0.25, 0.3) is 0 Å². The zero-order valence-electron chi connectivity index (χ0n) is 11.9. The smallest absolute Gasteiger partial charge is 0.150 e. The fraction of sp³-hybridized carbons (Fsp3) is 0.333. The maximum atomic E-state index is 6.11. The number of halogens is 1. The van der Waals surface area contributed by atoms with Crippen molar-refractivity contribution >= 4 is 28.9 Å². The van der Waals surface area contributed by atoms with Gasteiger partial charge in [-0.15, -0.1) is 0 Å². The molecule has 2 aromatic rings. The average molecular weight is 304 g/mol. The third kappa shape index (κ3) is 2.74. The van der Waals surface area contributed by atoms with E-state index in [2.05, 4.69) is 51.5 Å². The topological polar surface area (TPSA) is 67.1 Å². The van der Waals surface area contributed by atoms with Gasteiger partial charge in [0.15, 0.2) is 0 Å². The largest absolute Gasteiger partial charge is 0.382 e. The second-order valence-corrected chi connectivity index (χ2v) is 5.65. The van der Waals surface area contributed by atoms with Crippen LogP contribution in [0.2, 0.25) is 5.02 Å². The Morgan fingerprint density at radius 3 is 3.05 bits per heavy atom. The number of hydrogen-bond acceptors (Lipinski definition) is 5. The molecule has 3 N–H and O–H groups in total. The van der Waals surface area contributed by atoms with Gasteiger partial charge in [0, 0.05) is 31.7 Å². The van der Waals surface area contributed by atoms with Crippen molar-refractivity contribution in [3.05, 3.63) is 41.2 Å². The van der Waals surface area contributed by atoms with E-state index in [1.165, 1.54) is 17.6 Å². The van der Waals surface area contributed by atoms with Crippen LogP contribution >= 0.6 is 11.6 Å². The molecule has 0 fully saturated rings. The van der Waals surface area contributed by atoms with Crippen molar-refractivity contribution in [2.24, 2.45) is 0 Å². The van der Waals surface area contributed by atoms with Gasteiger partial charge in [0.05, 0.1) is 0 Å². The van der Waals surface area contributed by atoms with E-state index in [-0.39, 0.29) is 0 Å². The first-order valence-electron chi connectivity index (χ1n) is 6.96. The molecule has 0 saturated carbocycles. The lowest BCUT2D eigenvalue weighted by Crippen LogP contribution is -2.30. The van der Waals surface area contributed by atoms with Crippen LogP contribution in [0.15, 0.2) is 30.6 Å². The van der Waals surface area contributed by atoms with Crippen LogP contribution in [0, 0.1) is 0 Å². The molecule has 1 aliphatic rings. The van der Waals surface area contributed by atoms with Crippen molar-refractivity contribution in [2.75, 3.05) is 36.1 Å². The molecule has 110 valence electrons. The number of benzene rings is 1. The number of nitrogens with two attached hydrogens (primary N) is 1. The van der Waals surface area contributed by atoms with Crippen LogP contribution in [-0.4, -0.2) is 30.1 Å². The first-order chi connectivity index (χ1) is 10.2. The van der Waals surface area contributed by atoms with Crippen molar-refractivity contribution in [1.29, 1.82) is 0 Å². The zero-order valence-corrected chi connectivity index (χ0v) is 12.6. The highest BCUT2D eigenvalue weighted by atomic mass is 35.5. The Morgan fingerprint density at radius 1 is 1.38 bits per heavy atom. The van der Waals surface area contributed by atoms with E-state index in [9.17, 15) is 0 Å². The molecule has 0 aliphatic carbocycles. The average Bonchev–Trinajstić information content (AvgIpc) is 2.51. The first kappa shape index (κ1) is 13.9. The Labute approximate surface area is 129 Å². The zero-order chi connectivity index (χ0) is 14.8. The Morgan fingerprint density at radius 2 is 2.19 bits per heavy atom. The number of nitrogens with zero attached hydrogens (tertiary/aromatic N) is 3. The minimum absolute atomic E-state index is 0.304. The molecule has 1 aliphatic heterocycles. The number of nitrogens with one attached hydrogen (secondary N) is 1. The molecule has 0 amide bonds. The SMILES string of the molecule is CN1CCC(CNc2ncnc(N)c2Cl)c2ccccc21. The second kappa shape index (κ2) is 5.77. The van der Waals surface area contributed by atoms with Crippen molar-refractivity contribution in [2.45, 2.75) is 12.3 Å². The Hall–Kier alpha value is -2.01. The predicted octanol–water partition coefficient (Wildman–Crippen LogP) is 2.75. The molecular formula is C15H18ClN5. The van der Waals surface area contributed by atoms with E-state index in [0.29, 0.717) is 22.6 Å². The molecule has 6 heteroatoms. The molecule has 3 rings (SSSR count). The van der Waals surface area contributed by atoms with Gasteiger partial charge in [-0.25, -0.2) is 9.97 Å². The van der Waals surface area contributed by atoms with Crippen LogP contribution in [-0.2, 0) is 0 Å². The number of fused-ring (bicyclic) bond motifs is 1. The predicted molar refractivity (Wildman–Crippen MR) is 87.0 cm³/mol. The fourth-order valence-electron chi connectivity index (χ4n) is 2.74. The van der Waals surface area contributed by atoms with Gasteiger partial charge in [0.25, 0.3) is 0 Å². The van der Waals surface area contributed by atoms with Crippen molar-refractivity contribution in [3.63, 3.8) is 0 Å². The van der Waals surface area contributed by atoms with Gasteiger partial charge in [-0.1, -0.05) is 29.8 Å². The van der Waals surface area contributed by atoms with Crippen LogP contribution in [0.3, 0.4) is 0 Å². The minimum Gasteiger partial charge on any atom is -0.382 e. The van der Waals surface area contributed by atoms with E-state index < -0.39 is 0 Å². The van der Waals surface area contributed by atoms with E-state index in [1.54, 1.807) is 0 Å². The Kier molecular flexibility index (Phi) is 3.84. The van der Waals surface area contributed by atoms with Crippen LogP contribution in [0.5, 0.6) is 0 Å². The summed E-state index contributed by atoms with van der Waals surface area (Å²) < 4.78 is 0. The summed E-state index contributed by atoms with van der Waals surface area (Å²) in [5.74, 6) is 1.34. The number of anilines is 3. The van der Waals surface area contributed by atoms with E-state index >= 15 is 0 Å². The molecule has 1 atom stereocenters. The molecule has 5 nitrogen and oxygen atoms in total. The van der Waals surface area contributed by atoms with Crippen molar-refractivity contribution in [3.8, 4) is 0 Å². The lowest BCUT2D eigenvalue weighted by Gasteiger charge is -2.33. The highest BCUT2D eigenvalue weighted by Crippen LogP contribution is 2.34. The molecule has 21 heavy (non-hydrogen) atoms. The summed E-state index contributed by atoms with van der Waals surface area (Å²) in [4.78, 5) is 10.3. The molecule has 0 saturated heterocycles. The molecule has 2 heterocycles. The number of rotatable bonds is 3. The summed E-state index contributed by atoms with van der Waals surface area (Å²) in [6, 6.07) is 8.51. The normalized spacial score (nSPS) is 17.4. The third-order valence-corrected chi connectivity index (χ3v) is 4.31. The standard InChI is InChI=1S/C15H18ClN5/c1-21-7-6-10(11-4-2-3-5-12(11)21)8-18-15-13(16)14(17)19-9-20-15/h2-5,9-10H,6-8H2,1H3,(H3,17,18,19,20). The number of aromatic nitrogens is 2.